The Balaban J connectivity index is 1.07. The van der Waals surface area contributed by atoms with Gasteiger partial charge in [0.05, 0.1) is 16.9 Å². The Morgan fingerprint density at radius 1 is 0.943 bits per heavy atom. The number of nitrogens with zero attached hydrogens (tertiary/aromatic N) is 4. The molecule has 2 aromatic carbocycles. The Bertz CT molecular complexity index is 1070. The Hall–Kier alpha value is -2.87. The van der Waals surface area contributed by atoms with Crippen LogP contribution in [0.3, 0.4) is 0 Å². The summed E-state index contributed by atoms with van der Waals surface area (Å²) in [6, 6.07) is 18.9. The van der Waals surface area contributed by atoms with E-state index in [1.165, 1.54) is 11.3 Å². The van der Waals surface area contributed by atoms with E-state index in [9.17, 15) is 5.11 Å². The minimum absolute atomic E-state index is 0.458. The Morgan fingerprint density at radius 2 is 1.69 bits per heavy atom. The molecular formula is C28H36N4O3. The molecule has 0 unspecified atom stereocenters. The topological polar surface area (TPSA) is 65.2 Å². The van der Waals surface area contributed by atoms with E-state index >= 15 is 0 Å². The molecule has 0 radical (unpaired) electrons. The highest BCUT2D eigenvalue weighted by atomic mass is 16.5. The van der Waals surface area contributed by atoms with Gasteiger partial charge in [-0.3, -0.25) is 9.80 Å². The summed E-state index contributed by atoms with van der Waals surface area (Å²) < 4.78 is 11.1. The van der Waals surface area contributed by atoms with Crippen LogP contribution < -0.4 is 9.64 Å². The number of β-amino-alcohol motifs (C(OH)–C–C–N with tert-alkyl or cyclic N) is 1. The van der Waals surface area contributed by atoms with Crippen molar-refractivity contribution < 1.29 is 14.4 Å². The van der Waals surface area contributed by atoms with Gasteiger partial charge in [-0.15, -0.1) is 0 Å². The van der Waals surface area contributed by atoms with Gasteiger partial charge in [0.2, 0.25) is 0 Å². The van der Waals surface area contributed by atoms with Gasteiger partial charge in [0, 0.05) is 58.0 Å². The van der Waals surface area contributed by atoms with Gasteiger partial charge in [-0.05, 0) is 50.1 Å². The summed E-state index contributed by atoms with van der Waals surface area (Å²) in [7, 11) is 0. The first kappa shape index (κ1) is 23.9. The van der Waals surface area contributed by atoms with Crippen molar-refractivity contribution in [2.24, 2.45) is 0 Å². The first-order valence-electron chi connectivity index (χ1n) is 12.6. The molecule has 1 aromatic heterocycles. The first-order chi connectivity index (χ1) is 17.0. The number of piperazine rings is 1. The van der Waals surface area contributed by atoms with Gasteiger partial charge in [0.25, 0.3) is 0 Å². The van der Waals surface area contributed by atoms with Crippen molar-refractivity contribution in [3.05, 3.63) is 77.2 Å². The van der Waals surface area contributed by atoms with Crippen LogP contribution in [0.5, 0.6) is 5.75 Å². The molecule has 3 heterocycles. The smallest absolute Gasteiger partial charge is 0.140 e. The molecule has 1 N–H and O–H groups in total. The molecule has 35 heavy (non-hydrogen) atoms. The van der Waals surface area contributed by atoms with Crippen LogP contribution in [0, 0.1) is 13.8 Å². The van der Waals surface area contributed by atoms with E-state index < -0.39 is 5.60 Å². The second-order valence-electron chi connectivity index (χ2n) is 10.0. The number of ether oxygens (including phenoxy) is 1. The lowest BCUT2D eigenvalue weighted by Gasteiger charge is -2.39. The zero-order chi connectivity index (χ0) is 24.3. The number of aliphatic hydroxyl groups is 1. The molecule has 7 heteroatoms. The number of likely N-dealkylation sites (tertiary alicyclic amines) is 1. The van der Waals surface area contributed by atoms with Crippen LogP contribution in [0.2, 0.25) is 0 Å². The van der Waals surface area contributed by atoms with Crippen LogP contribution in [0.25, 0.3) is 0 Å². The number of hydrogen-bond acceptors (Lipinski definition) is 7. The van der Waals surface area contributed by atoms with Gasteiger partial charge in [0.15, 0.2) is 0 Å². The Morgan fingerprint density at radius 3 is 2.37 bits per heavy atom. The minimum atomic E-state index is -0.633. The summed E-state index contributed by atoms with van der Waals surface area (Å²) in [4.78, 5) is 7.22. The van der Waals surface area contributed by atoms with E-state index in [2.05, 4.69) is 62.3 Å². The highest BCUT2D eigenvalue weighted by Crippen LogP contribution is 2.26. The van der Waals surface area contributed by atoms with Gasteiger partial charge in [-0.2, -0.15) is 0 Å². The summed E-state index contributed by atoms with van der Waals surface area (Å²) in [6.45, 7) is 11.5. The zero-order valence-corrected chi connectivity index (χ0v) is 20.8. The molecule has 5 rings (SSSR count). The number of aryl methyl sites for hydroxylation is 2. The van der Waals surface area contributed by atoms with E-state index in [-0.39, 0.29) is 0 Å². The predicted octanol–water partition coefficient (Wildman–Crippen LogP) is 3.63. The lowest BCUT2D eigenvalue weighted by atomic mass is 10.0. The van der Waals surface area contributed by atoms with E-state index in [1.54, 1.807) is 0 Å². The van der Waals surface area contributed by atoms with Crippen LogP contribution in [0.4, 0.5) is 5.69 Å². The van der Waals surface area contributed by atoms with Crippen molar-refractivity contribution in [3.8, 4) is 5.75 Å². The third-order valence-corrected chi connectivity index (χ3v) is 7.32. The van der Waals surface area contributed by atoms with Gasteiger partial charge in [-0.25, -0.2) is 0 Å². The van der Waals surface area contributed by atoms with Crippen molar-refractivity contribution >= 4 is 5.69 Å². The fourth-order valence-corrected chi connectivity index (χ4v) is 5.24. The summed E-state index contributed by atoms with van der Waals surface area (Å²) in [5, 5.41) is 15.3. The van der Waals surface area contributed by atoms with Crippen LogP contribution in [0.1, 0.15) is 29.0 Å². The van der Waals surface area contributed by atoms with E-state index in [0.29, 0.717) is 6.61 Å². The number of hydrogen-bond donors (Lipinski definition) is 1. The first-order valence-corrected chi connectivity index (χ1v) is 12.6. The van der Waals surface area contributed by atoms with Crippen molar-refractivity contribution in [1.82, 2.24) is 15.0 Å². The number of benzene rings is 2. The zero-order valence-electron chi connectivity index (χ0n) is 20.8. The number of rotatable bonds is 8. The van der Waals surface area contributed by atoms with Crippen molar-refractivity contribution in [2.75, 3.05) is 50.7 Å². The van der Waals surface area contributed by atoms with Crippen LogP contribution >= 0.6 is 0 Å². The lowest BCUT2D eigenvalue weighted by molar-refractivity contribution is 0.00978. The summed E-state index contributed by atoms with van der Waals surface area (Å²) in [5.74, 6) is 1.64. The maximum Gasteiger partial charge on any atom is 0.140 e. The molecular weight excluding hydrogens is 440 g/mol. The van der Waals surface area contributed by atoms with Crippen LogP contribution in [0.15, 0.2) is 59.1 Å². The number of para-hydroxylation sites is 1. The van der Waals surface area contributed by atoms with Crippen molar-refractivity contribution in [2.45, 2.75) is 39.0 Å². The normalized spacial score (nSPS) is 21.5. The number of aromatic nitrogens is 1. The van der Waals surface area contributed by atoms with Crippen molar-refractivity contribution in [1.29, 1.82) is 0 Å². The minimum Gasteiger partial charge on any atom is -0.489 e. The van der Waals surface area contributed by atoms with E-state index in [0.717, 1.165) is 81.5 Å². The van der Waals surface area contributed by atoms with Crippen molar-refractivity contribution in [3.63, 3.8) is 0 Å². The molecule has 1 atom stereocenters. The van der Waals surface area contributed by atoms with E-state index in [1.807, 2.05) is 26.0 Å². The highest BCUT2D eigenvalue weighted by Gasteiger charge is 2.38. The maximum absolute atomic E-state index is 11.3. The van der Waals surface area contributed by atoms with Gasteiger partial charge >= 0.3 is 0 Å². The average Bonchev–Trinajstić information content (AvgIpc) is 3.40. The molecule has 2 aliphatic rings. The maximum atomic E-state index is 11.3. The molecule has 2 aliphatic heterocycles. The molecule has 0 aliphatic carbocycles. The van der Waals surface area contributed by atoms with Crippen LogP contribution in [-0.2, 0) is 13.2 Å². The Labute approximate surface area is 207 Å². The molecule has 0 spiro atoms. The molecule has 7 nitrogen and oxygen atoms in total. The molecule has 2 saturated heterocycles. The summed E-state index contributed by atoms with van der Waals surface area (Å²) >= 11 is 0. The fraction of sp³-hybridized carbons (Fsp3) is 0.464. The SMILES string of the molecule is Cc1noc(C)c1COc1ccc(CN2CC[C@@](O)(CN3CCN(c4ccccc4)CC3)C2)cc1. The second kappa shape index (κ2) is 10.4. The molecule has 186 valence electrons. The molecule has 0 bridgehead atoms. The second-order valence-corrected chi connectivity index (χ2v) is 10.0. The highest BCUT2D eigenvalue weighted by molar-refractivity contribution is 5.46. The Kier molecular flexibility index (Phi) is 7.09. The van der Waals surface area contributed by atoms with Crippen LogP contribution in [-0.4, -0.2) is 71.5 Å². The third kappa shape index (κ3) is 5.86. The van der Waals surface area contributed by atoms with E-state index in [4.69, 9.17) is 9.26 Å². The predicted molar refractivity (Wildman–Crippen MR) is 137 cm³/mol. The quantitative estimate of drug-likeness (QED) is 0.533. The third-order valence-electron chi connectivity index (χ3n) is 7.32. The van der Waals surface area contributed by atoms with Gasteiger partial charge in [-0.1, -0.05) is 35.5 Å². The largest absolute Gasteiger partial charge is 0.489 e. The molecule has 0 saturated carbocycles. The molecule has 0 amide bonds. The molecule has 3 aromatic rings. The van der Waals surface area contributed by atoms with Gasteiger partial charge in [0.1, 0.15) is 18.1 Å². The lowest BCUT2D eigenvalue weighted by Crippen LogP contribution is -2.52. The fourth-order valence-electron chi connectivity index (χ4n) is 5.24. The summed E-state index contributed by atoms with van der Waals surface area (Å²) in [6.07, 6.45) is 0.824. The van der Waals surface area contributed by atoms with Gasteiger partial charge < -0.3 is 19.3 Å². The number of anilines is 1. The monoisotopic (exact) mass is 476 g/mol. The molecule has 2 fully saturated rings. The standard InChI is InChI=1S/C28H36N4O3/c1-22-27(23(2)35-29-22)19-34-26-10-8-24(9-11-26)18-31-13-12-28(33,21-31)20-30-14-16-32(17-15-30)25-6-4-3-5-7-25/h3-11,33H,12-21H2,1-2H3/t28-/m1/s1. The summed E-state index contributed by atoms with van der Waals surface area (Å²) in [5.41, 5.74) is 3.77. The average molecular weight is 477 g/mol.